The molecule has 0 spiro atoms. The molecule has 4 heterocycles. The molecule has 7 nitrogen and oxygen atoms in total. The number of pyridine rings is 1. The lowest BCUT2D eigenvalue weighted by Gasteiger charge is -2.18. The Labute approximate surface area is 200 Å². The number of benzene rings is 1. The molecular formula is C24H21N3O4S2. The van der Waals surface area contributed by atoms with Crippen LogP contribution in [-0.4, -0.2) is 43.8 Å². The van der Waals surface area contributed by atoms with Gasteiger partial charge in [0.1, 0.15) is 21.3 Å². The Bertz CT molecular complexity index is 1330. The Hall–Kier alpha value is -3.01. The van der Waals surface area contributed by atoms with E-state index >= 15 is 0 Å². The minimum absolute atomic E-state index is 0.0141. The number of carbonyl (C=O) groups is 1. The Kier molecular flexibility index (Phi) is 6.01. The van der Waals surface area contributed by atoms with Crippen molar-refractivity contribution in [2.75, 3.05) is 13.2 Å². The molecule has 2 aromatic heterocycles. The molecule has 2 fully saturated rings. The monoisotopic (exact) mass is 479 g/mol. The summed E-state index contributed by atoms with van der Waals surface area (Å²) in [5.41, 5.74) is 1.21. The quantitative estimate of drug-likeness (QED) is 0.402. The molecule has 3 aromatic rings. The fourth-order valence-corrected chi connectivity index (χ4v) is 5.13. The molecule has 2 aliphatic heterocycles. The van der Waals surface area contributed by atoms with Gasteiger partial charge in [0.05, 0.1) is 17.6 Å². The minimum Gasteiger partial charge on any atom is -0.438 e. The van der Waals surface area contributed by atoms with Gasteiger partial charge in [-0.2, -0.15) is 4.98 Å². The van der Waals surface area contributed by atoms with Crippen molar-refractivity contribution in [3.8, 4) is 11.6 Å². The van der Waals surface area contributed by atoms with Gasteiger partial charge in [0.2, 0.25) is 5.88 Å². The molecule has 168 valence electrons. The van der Waals surface area contributed by atoms with Crippen molar-refractivity contribution in [1.82, 2.24) is 14.3 Å². The number of ether oxygens (including phenoxy) is 2. The summed E-state index contributed by atoms with van der Waals surface area (Å²) in [5.74, 6) is 0.452. The first kappa shape index (κ1) is 21.8. The molecule has 0 aliphatic carbocycles. The highest BCUT2D eigenvalue weighted by Crippen LogP contribution is 2.35. The Morgan fingerprint density at radius 1 is 1.24 bits per heavy atom. The molecule has 5 rings (SSSR count). The van der Waals surface area contributed by atoms with Crippen LogP contribution < -0.4 is 10.3 Å². The standard InChI is InChI=1S/C24H21N3O4S2/c1-15-7-5-11-26-20(15)25-21(31-16-8-3-2-4-9-16)18(22(26)28)13-19-23(29)27(24(32)33-19)14-17-10-6-12-30-17/h2-5,7-9,11,13,17H,6,10,12,14H2,1H3/b19-13-. The molecule has 0 saturated carbocycles. The molecule has 0 bridgehead atoms. The van der Waals surface area contributed by atoms with Crippen LogP contribution in [0.2, 0.25) is 0 Å². The summed E-state index contributed by atoms with van der Waals surface area (Å²) in [6, 6.07) is 12.8. The van der Waals surface area contributed by atoms with Crippen LogP contribution in [0.25, 0.3) is 11.7 Å². The van der Waals surface area contributed by atoms with Gasteiger partial charge in [-0.15, -0.1) is 0 Å². The van der Waals surface area contributed by atoms with Crippen LogP contribution in [0.4, 0.5) is 0 Å². The summed E-state index contributed by atoms with van der Waals surface area (Å²) >= 11 is 6.63. The first-order valence-electron chi connectivity index (χ1n) is 10.6. The van der Waals surface area contributed by atoms with Gasteiger partial charge in [-0.05, 0) is 49.6 Å². The number of aryl methyl sites for hydroxylation is 1. The number of hydrogen-bond donors (Lipinski definition) is 0. The molecule has 0 radical (unpaired) electrons. The highest BCUT2D eigenvalue weighted by atomic mass is 32.2. The van der Waals surface area contributed by atoms with E-state index < -0.39 is 0 Å². The summed E-state index contributed by atoms with van der Waals surface area (Å²) in [5, 5.41) is 0. The third kappa shape index (κ3) is 4.31. The summed E-state index contributed by atoms with van der Waals surface area (Å²) in [4.78, 5) is 33.1. The average molecular weight is 480 g/mol. The maximum atomic E-state index is 13.4. The molecule has 1 aromatic carbocycles. The third-order valence-electron chi connectivity index (χ3n) is 5.57. The van der Waals surface area contributed by atoms with Crippen molar-refractivity contribution in [2.24, 2.45) is 0 Å². The van der Waals surface area contributed by atoms with Gasteiger partial charge in [0.25, 0.3) is 11.5 Å². The fourth-order valence-electron chi connectivity index (χ4n) is 3.87. The molecule has 33 heavy (non-hydrogen) atoms. The molecule has 1 atom stereocenters. The van der Waals surface area contributed by atoms with Gasteiger partial charge in [-0.3, -0.25) is 18.9 Å². The summed E-state index contributed by atoms with van der Waals surface area (Å²) < 4.78 is 13.6. The normalized spacial score (nSPS) is 19.7. The predicted molar refractivity (Wildman–Crippen MR) is 132 cm³/mol. The average Bonchev–Trinajstić information content (AvgIpc) is 3.42. The largest absolute Gasteiger partial charge is 0.438 e. The summed E-state index contributed by atoms with van der Waals surface area (Å²) in [7, 11) is 0. The van der Waals surface area contributed by atoms with Crippen LogP contribution in [0, 0.1) is 6.92 Å². The number of rotatable bonds is 5. The molecule has 2 saturated heterocycles. The van der Waals surface area contributed by atoms with E-state index in [2.05, 4.69) is 4.98 Å². The van der Waals surface area contributed by atoms with E-state index in [1.807, 2.05) is 31.2 Å². The zero-order valence-electron chi connectivity index (χ0n) is 17.9. The van der Waals surface area contributed by atoms with Crippen LogP contribution in [0.5, 0.6) is 11.6 Å². The van der Waals surface area contributed by atoms with Crippen molar-refractivity contribution in [2.45, 2.75) is 25.9 Å². The second-order valence-corrected chi connectivity index (χ2v) is 9.54. The van der Waals surface area contributed by atoms with Crippen LogP contribution in [-0.2, 0) is 9.53 Å². The number of nitrogens with zero attached hydrogens (tertiary/aromatic N) is 3. The van der Waals surface area contributed by atoms with Gasteiger partial charge < -0.3 is 9.47 Å². The summed E-state index contributed by atoms with van der Waals surface area (Å²) in [6.45, 7) is 3.00. The lowest BCUT2D eigenvalue weighted by molar-refractivity contribution is -0.123. The first-order chi connectivity index (χ1) is 16.0. The van der Waals surface area contributed by atoms with Crippen LogP contribution in [0.1, 0.15) is 24.0 Å². The van der Waals surface area contributed by atoms with Gasteiger partial charge in [0, 0.05) is 12.8 Å². The number of amides is 1. The van der Waals surface area contributed by atoms with E-state index in [1.54, 1.807) is 29.3 Å². The van der Waals surface area contributed by atoms with Crippen molar-refractivity contribution >= 4 is 45.9 Å². The zero-order valence-corrected chi connectivity index (χ0v) is 19.5. The smallest absolute Gasteiger partial charge is 0.269 e. The van der Waals surface area contributed by atoms with E-state index in [0.717, 1.165) is 18.4 Å². The first-order valence-corrected chi connectivity index (χ1v) is 11.9. The van der Waals surface area contributed by atoms with E-state index in [9.17, 15) is 9.59 Å². The topological polar surface area (TPSA) is 73.1 Å². The summed E-state index contributed by atoms with van der Waals surface area (Å²) in [6.07, 6.45) is 5.07. The van der Waals surface area contributed by atoms with Crippen LogP contribution in [0.15, 0.2) is 58.4 Å². The fraction of sp³-hybridized carbons (Fsp3) is 0.250. The molecule has 1 amide bonds. The van der Waals surface area contributed by atoms with E-state index in [4.69, 9.17) is 21.7 Å². The van der Waals surface area contributed by atoms with E-state index in [-0.39, 0.29) is 29.0 Å². The van der Waals surface area contributed by atoms with Crippen LogP contribution >= 0.6 is 24.0 Å². The number of aromatic nitrogens is 2. The number of para-hydroxylation sites is 1. The van der Waals surface area contributed by atoms with Gasteiger partial charge >= 0.3 is 0 Å². The Balaban J connectivity index is 1.58. The maximum absolute atomic E-state index is 13.4. The zero-order chi connectivity index (χ0) is 22.9. The second kappa shape index (κ2) is 9.09. The predicted octanol–water partition coefficient (Wildman–Crippen LogP) is 4.18. The Morgan fingerprint density at radius 3 is 2.82 bits per heavy atom. The van der Waals surface area contributed by atoms with Crippen molar-refractivity contribution in [3.63, 3.8) is 0 Å². The lowest BCUT2D eigenvalue weighted by Crippen LogP contribution is -2.35. The van der Waals surface area contributed by atoms with Gasteiger partial charge in [-0.25, -0.2) is 0 Å². The number of fused-ring (bicyclic) bond motifs is 1. The molecule has 1 unspecified atom stereocenters. The molecular weight excluding hydrogens is 458 g/mol. The highest BCUT2D eigenvalue weighted by Gasteiger charge is 2.35. The second-order valence-electron chi connectivity index (χ2n) is 7.86. The Morgan fingerprint density at radius 2 is 2.06 bits per heavy atom. The van der Waals surface area contributed by atoms with Gasteiger partial charge in [0.15, 0.2) is 0 Å². The highest BCUT2D eigenvalue weighted by molar-refractivity contribution is 8.26. The van der Waals surface area contributed by atoms with Gasteiger partial charge in [-0.1, -0.05) is 48.2 Å². The third-order valence-corrected chi connectivity index (χ3v) is 6.94. The van der Waals surface area contributed by atoms with Crippen molar-refractivity contribution < 1.29 is 14.3 Å². The van der Waals surface area contributed by atoms with Crippen LogP contribution in [0.3, 0.4) is 0 Å². The molecule has 2 aliphatic rings. The SMILES string of the molecule is Cc1cccn2c(=O)c(/C=C3\SC(=S)N(CC4CCCO4)C3=O)c(Oc3ccccc3)nc12. The number of carbonyl (C=O) groups excluding carboxylic acids is 1. The number of thioether (sulfide) groups is 1. The van der Waals surface area contributed by atoms with Crippen molar-refractivity contribution in [1.29, 1.82) is 0 Å². The number of thiocarbonyl (C=S) groups is 1. The lowest BCUT2D eigenvalue weighted by atomic mass is 10.2. The van der Waals surface area contributed by atoms with Crippen molar-refractivity contribution in [3.05, 3.63) is 75.0 Å². The minimum atomic E-state index is -0.320. The van der Waals surface area contributed by atoms with E-state index in [0.29, 0.717) is 33.8 Å². The molecule has 9 heteroatoms. The maximum Gasteiger partial charge on any atom is 0.269 e. The van der Waals surface area contributed by atoms with E-state index in [1.165, 1.54) is 22.2 Å². The number of hydrogen-bond acceptors (Lipinski definition) is 7. The molecule has 0 N–H and O–H groups in total.